The molecular weight excluding hydrogens is 198 g/mol. The highest BCUT2D eigenvalue weighted by molar-refractivity contribution is 7.86. The Morgan fingerprint density at radius 1 is 0.833 bits per heavy atom. The van der Waals surface area contributed by atoms with Crippen LogP contribution in [-0.4, -0.2) is 11.3 Å². The van der Waals surface area contributed by atoms with Gasteiger partial charge in [0.05, 0.1) is 0 Å². The van der Waals surface area contributed by atoms with Crippen molar-refractivity contribution in [3.05, 3.63) is 0 Å². The summed E-state index contributed by atoms with van der Waals surface area (Å²) in [6.07, 6.45) is 3.62. The normalized spacial score (nSPS) is 53.5. The van der Waals surface area contributed by atoms with Gasteiger partial charge in [-0.05, 0) is 34.3 Å². The highest BCUT2D eigenvalue weighted by Gasteiger charge is 2.76. The first-order valence-electron chi connectivity index (χ1n) is 4.24. The molecule has 1 saturated heterocycles. The summed E-state index contributed by atoms with van der Waals surface area (Å²) in [6, 6.07) is 0. The van der Waals surface area contributed by atoms with Crippen molar-refractivity contribution in [2.45, 2.75) is 37.0 Å². The van der Waals surface area contributed by atoms with Crippen molar-refractivity contribution in [3.63, 3.8) is 0 Å². The summed E-state index contributed by atoms with van der Waals surface area (Å²) in [6.45, 7) is 0. The fourth-order valence-corrected chi connectivity index (χ4v) is 7.65. The number of hydrogen-bond donors (Lipinski definition) is 0. The van der Waals surface area contributed by atoms with Gasteiger partial charge in [0.1, 0.15) is 11.3 Å². The average Bonchev–Trinajstić information content (AvgIpc) is 2.80. The molecule has 2 aliphatic carbocycles. The zero-order valence-corrected chi connectivity index (χ0v) is 8.30. The van der Waals surface area contributed by atoms with Gasteiger partial charge in [-0.15, -0.1) is 0 Å². The van der Waals surface area contributed by atoms with Crippen molar-refractivity contribution in [1.82, 2.24) is 0 Å². The van der Waals surface area contributed by atoms with E-state index in [1.165, 1.54) is 0 Å². The highest BCUT2D eigenvalue weighted by Crippen LogP contribution is 2.94. The van der Waals surface area contributed by atoms with Gasteiger partial charge in [-0.1, -0.05) is 0 Å². The van der Waals surface area contributed by atoms with Gasteiger partial charge in [-0.25, -0.2) is 0 Å². The lowest BCUT2D eigenvalue weighted by Crippen LogP contribution is -2.36. The van der Waals surface area contributed by atoms with Crippen LogP contribution < -0.4 is 9.79 Å². The maximum atomic E-state index is 11.6. The third-order valence-electron chi connectivity index (χ3n) is 2.44. The van der Waals surface area contributed by atoms with Crippen molar-refractivity contribution in [3.8, 4) is 0 Å². The molecule has 0 atom stereocenters. The Morgan fingerprint density at radius 3 is 1.42 bits per heavy atom. The van der Waals surface area contributed by atoms with Crippen LogP contribution >= 0.6 is 15.9 Å². The van der Waals surface area contributed by atoms with E-state index in [0.717, 1.165) is 25.7 Å². The molecule has 0 aromatic carbocycles. The van der Waals surface area contributed by atoms with Gasteiger partial charge in [0.25, 0.3) is 0 Å². The van der Waals surface area contributed by atoms with E-state index in [9.17, 15) is 9.79 Å². The summed E-state index contributed by atoms with van der Waals surface area (Å²) >= 11 is 0. The van der Waals surface area contributed by atoms with Crippen LogP contribution in [0.3, 0.4) is 0 Å². The van der Waals surface area contributed by atoms with Gasteiger partial charge >= 0.3 is 15.9 Å². The van der Waals surface area contributed by atoms with E-state index in [0.29, 0.717) is 0 Å². The van der Waals surface area contributed by atoms with Crippen LogP contribution in [0.2, 0.25) is 0 Å². The van der Waals surface area contributed by atoms with E-state index in [4.69, 9.17) is 8.62 Å². The third kappa shape index (κ3) is 1.07. The molecule has 1 aliphatic heterocycles. The predicted octanol–water partition coefficient (Wildman–Crippen LogP) is 0.604. The summed E-state index contributed by atoms with van der Waals surface area (Å²) in [5, 5.41) is 0. The highest BCUT2D eigenvalue weighted by atomic mass is 31.4. The van der Waals surface area contributed by atoms with Gasteiger partial charge in [-0.2, -0.15) is 0 Å². The molecule has 3 aliphatic rings. The molecule has 3 rings (SSSR count). The number of hydrogen-bond acceptors (Lipinski definition) is 4. The molecule has 0 amide bonds. The maximum Gasteiger partial charge on any atom is 0.346 e. The van der Waals surface area contributed by atoms with Crippen molar-refractivity contribution in [2.75, 3.05) is 0 Å². The lowest BCUT2D eigenvalue weighted by atomic mass is 11.0. The fourth-order valence-electron chi connectivity index (χ4n) is 1.37. The Balaban J connectivity index is 1.68. The second-order valence-corrected chi connectivity index (χ2v) is 8.63. The molecule has 1 heterocycles. The van der Waals surface area contributed by atoms with Crippen molar-refractivity contribution in [1.29, 1.82) is 0 Å². The lowest BCUT2D eigenvalue weighted by Gasteiger charge is -2.41. The minimum atomic E-state index is -2.85. The minimum Gasteiger partial charge on any atom is -0.624 e. The first kappa shape index (κ1) is 8.05. The van der Waals surface area contributed by atoms with Crippen LogP contribution in [0.5, 0.6) is 0 Å². The summed E-state index contributed by atoms with van der Waals surface area (Å²) in [5.41, 5.74) is 0.136. The largest absolute Gasteiger partial charge is 0.624 e. The molecule has 0 N–H and O–H groups in total. The first-order chi connectivity index (χ1) is 5.62. The van der Waals surface area contributed by atoms with E-state index in [1.54, 1.807) is 0 Å². The molecule has 6 heteroatoms. The molecule has 0 bridgehead atoms. The Hall–Kier alpha value is 0.700. The van der Waals surface area contributed by atoms with Gasteiger partial charge in [0.2, 0.25) is 0 Å². The Bertz CT molecular complexity index is 198. The van der Waals surface area contributed by atoms with E-state index in [2.05, 4.69) is 0 Å². The molecule has 0 radical (unpaired) electrons. The zero-order valence-electron chi connectivity index (χ0n) is 6.51. The van der Waals surface area contributed by atoms with Crippen LogP contribution in [0.25, 0.3) is 0 Å². The van der Waals surface area contributed by atoms with E-state index < -0.39 is 15.9 Å². The standard InChI is InChI=1S/C6H10O4P2/c7-11(5-1-2-5)9-12(8,10-11)6-3-4-6/h5-6H,1-4H2. The molecule has 0 aromatic rings. The third-order valence-corrected chi connectivity index (χ3v) is 8.91. The Morgan fingerprint density at radius 2 is 1.17 bits per heavy atom. The minimum absolute atomic E-state index is 0.0679. The lowest BCUT2D eigenvalue weighted by molar-refractivity contribution is -0.261. The Kier molecular flexibility index (Phi) is 1.47. The first-order valence-corrected chi connectivity index (χ1v) is 7.47. The van der Waals surface area contributed by atoms with Gasteiger partial charge in [0.15, 0.2) is 0 Å². The quantitative estimate of drug-likeness (QED) is 0.623. The monoisotopic (exact) mass is 208 g/mol. The Labute approximate surface area is 72.1 Å². The molecule has 68 valence electrons. The summed E-state index contributed by atoms with van der Waals surface area (Å²) < 4.78 is 10.1. The topological polar surface area (TPSA) is 64.6 Å². The van der Waals surface area contributed by atoms with Gasteiger partial charge in [-0.3, -0.25) is 0 Å². The summed E-state index contributed by atoms with van der Waals surface area (Å²) in [4.78, 5) is 23.1. The molecule has 4 nitrogen and oxygen atoms in total. The second kappa shape index (κ2) is 2.20. The van der Waals surface area contributed by atoms with Crippen molar-refractivity contribution < 1.29 is 18.4 Å². The molecule has 3 fully saturated rings. The van der Waals surface area contributed by atoms with Crippen LogP contribution in [0.15, 0.2) is 0 Å². The van der Waals surface area contributed by atoms with Crippen LogP contribution in [0.4, 0.5) is 0 Å². The van der Waals surface area contributed by atoms with E-state index in [1.807, 2.05) is 0 Å². The van der Waals surface area contributed by atoms with Crippen LogP contribution in [-0.2, 0) is 8.62 Å². The summed E-state index contributed by atoms with van der Waals surface area (Å²) in [7, 11) is -5.70. The second-order valence-electron chi connectivity index (χ2n) is 3.71. The van der Waals surface area contributed by atoms with E-state index in [-0.39, 0.29) is 11.3 Å². The van der Waals surface area contributed by atoms with Crippen molar-refractivity contribution >= 4 is 15.9 Å². The predicted molar refractivity (Wildman–Crippen MR) is 42.1 cm³/mol. The summed E-state index contributed by atoms with van der Waals surface area (Å²) in [5.74, 6) is 0. The zero-order chi connectivity index (χ0) is 8.40. The SMILES string of the molecule is [O-][P+]1(C2CC2)O[P+]([O-])(C2CC2)O1. The maximum absolute atomic E-state index is 11.6. The van der Waals surface area contributed by atoms with Crippen LogP contribution in [0, 0.1) is 0 Å². The van der Waals surface area contributed by atoms with E-state index >= 15 is 0 Å². The smallest absolute Gasteiger partial charge is 0.346 e. The molecular formula is C6H10O4P2. The van der Waals surface area contributed by atoms with Crippen molar-refractivity contribution in [2.24, 2.45) is 0 Å². The fraction of sp³-hybridized carbons (Fsp3) is 1.00. The molecule has 0 unspecified atom stereocenters. The average molecular weight is 208 g/mol. The molecule has 0 aromatic heterocycles. The molecule has 12 heavy (non-hydrogen) atoms. The number of rotatable bonds is 2. The molecule has 0 spiro atoms. The van der Waals surface area contributed by atoms with Gasteiger partial charge < -0.3 is 9.79 Å². The van der Waals surface area contributed by atoms with Gasteiger partial charge in [0, 0.05) is 0 Å². The molecule has 2 saturated carbocycles. The van der Waals surface area contributed by atoms with Crippen LogP contribution in [0.1, 0.15) is 25.7 Å².